The molecule has 0 fully saturated rings. The van der Waals surface area contributed by atoms with Crippen molar-refractivity contribution in [1.82, 2.24) is 4.83 Å². The van der Waals surface area contributed by atoms with E-state index >= 15 is 0 Å². The second kappa shape index (κ2) is 8.49. The number of benzene rings is 2. The number of sulfonamides is 1. The molecule has 0 aliphatic rings. The summed E-state index contributed by atoms with van der Waals surface area (Å²) in [6.45, 7) is 4.71. The van der Waals surface area contributed by atoms with Crippen molar-refractivity contribution in [2.24, 2.45) is 5.10 Å². The first-order valence-corrected chi connectivity index (χ1v) is 9.34. The molecular formula is C18H22N2O3S. The van der Waals surface area contributed by atoms with E-state index in [4.69, 9.17) is 4.74 Å². The molecule has 6 heteroatoms. The van der Waals surface area contributed by atoms with Crippen LogP contribution in [0.25, 0.3) is 0 Å². The maximum Gasteiger partial charge on any atom is 0.276 e. The zero-order valence-electron chi connectivity index (χ0n) is 13.9. The molecule has 0 saturated heterocycles. The second-order valence-electron chi connectivity index (χ2n) is 5.44. The predicted octanol–water partition coefficient (Wildman–Crippen LogP) is 3.49. The molecule has 0 radical (unpaired) electrons. The lowest BCUT2D eigenvalue weighted by atomic mass is 10.2. The van der Waals surface area contributed by atoms with E-state index in [9.17, 15) is 8.42 Å². The molecule has 0 bridgehead atoms. The third kappa shape index (κ3) is 5.38. The molecule has 0 unspecified atom stereocenters. The van der Waals surface area contributed by atoms with E-state index in [0.29, 0.717) is 6.61 Å². The number of aryl methyl sites for hydroxylation is 1. The molecule has 2 rings (SSSR count). The lowest BCUT2D eigenvalue weighted by Gasteiger charge is -2.05. The fraction of sp³-hybridized carbons (Fsp3) is 0.278. The van der Waals surface area contributed by atoms with Crippen LogP contribution < -0.4 is 9.57 Å². The quantitative estimate of drug-likeness (QED) is 0.452. The van der Waals surface area contributed by atoms with Crippen LogP contribution in [0.5, 0.6) is 5.75 Å². The fourth-order valence-electron chi connectivity index (χ4n) is 1.92. The van der Waals surface area contributed by atoms with E-state index in [1.165, 1.54) is 6.21 Å². The molecule has 0 aromatic heterocycles. The highest BCUT2D eigenvalue weighted by molar-refractivity contribution is 7.89. The summed E-state index contributed by atoms with van der Waals surface area (Å²) in [6, 6.07) is 13.9. The minimum Gasteiger partial charge on any atom is -0.494 e. The summed E-state index contributed by atoms with van der Waals surface area (Å²) >= 11 is 0. The van der Waals surface area contributed by atoms with Crippen LogP contribution in [0.3, 0.4) is 0 Å². The Morgan fingerprint density at radius 1 is 1.08 bits per heavy atom. The lowest BCUT2D eigenvalue weighted by Crippen LogP contribution is -2.18. The van der Waals surface area contributed by atoms with Crippen LogP contribution >= 0.6 is 0 Å². The van der Waals surface area contributed by atoms with Crippen molar-refractivity contribution in [2.45, 2.75) is 31.6 Å². The molecule has 0 atom stereocenters. The van der Waals surface area contributed by atoms with Crippen LogP contribution in [0.1, 0.15) is 30.9 Å². The minimum absolute atomic E-state index is 0.185. The van der Waals surface area contributed by atoms with Gasteiger partial charge < -0.3 is 4.74 Å². The molecule has 0 aliphatic heterocycles. The van der Waals surface area contributed by atoms with Gasteiger partial charge in [0, 0.05) is 0 Å². The van der Waals surface area contributed by atoms with Gasteiger partial charge in [0.1, 0.15) is 5.75 Å². The average Bonchev–Trinajstić information content (AvgIpc) is 2.57. The Hall–Kier alpha value is -2.34. The van der Waals surface area contributed by atoms with E-state index < -0.39 is 10.0 Å². The highest BCUT2D eigenvalue weighted by atomic mass is 32.2. The number of hydrazone groups is 1. The third-order valence-corrected chi connectivity index (χ3v) is 4.60. The smallest absolute Gasteiger partial charge is 0.276 e. The molecule has 128 valence electrons. The van der Waals surface area contributed by atoms with E-state index in [-0.39, 0.29) is 4.90 Å². The second-order valence-corrected chi connectivity index (χ2v) is 7.10. The highest BCUT2D eigenvalue weighted by Gasteiger charge is 2.11. The summed E-state index contributed by atoms with van der Waals surface area (Å²) in [5, 5.41) is 3.81. The monoisotopic (exact) mass is 346 g/mol. The number of rotatable bonds is 8. The minimum atomic E-state index is -3.64. The largest absolute Gasteiger partial charge is 0.494 e. The van der Waals surface area contributed by atoms with Gasteiger partial charge in [-0.15, -0.1) is 0 Å². The first-order chi connectivity index (χ1) is 11.5. The molecule has 24 heavy (non-hydrogen) atoms. The number of hydrogen-bond acceptors (Lipinski definition) is 4. The van der Waals surface area contributed by atoms with E-state index in [2.05, 4.69) is 16.9 Å². The fourth-order valence-corrected chi connectivity index (χ4v) is 2.72. The van der Waals surface area contributed by atoms with E-state index in [0.717, 1.165) is 29.7 Å². The molecule has 0 aliphatic carbocycles. The van der Waals surface area contributed by atoms with Crippen molar-refractivity contribution in [2.75, 3.05) is 6.61 Å². The molecule has 5 nitrogen and oxygen atoms in total. The zero-order valence-corrected chi connectivity index (χ0v) is 14.7. The van der Waals surface area contributed by atoms with Crippen LogP contribution in [-0.4, -0.2) is 21.2 Å². The van der Waals surface area contributed by atoms with Crippen molar-refractivity contribution in [3.8, 4) is 5.75 Å². The van der Waals surface area contributed by atoms with Crippen LogP contribution in [0, 0.1) is 6.92 Å². The van der Waals surface area contributed by atoms with Gasteiger partial charge in [0.2, 0.25) is 0 Å². The number of hydrogen-bond donors (Lipinski definition) is 1. The van der Waals surface area contributed by atoms with Crippen LogP contribution in [0.15, 0.2) is 58.5 Å². The average molecular weight is 346 g/mol. The van der Waals surface area contributed by atoms with E-state index in [1.807, 2.05) is 31.2 Å². The Balaban J connectivity index is 1.94. The van der Waals surface area contributed by atoms with Gasteiger partial charge in [-0.25, -0.2) is 4.83 Å². The van der Waals surface area contributed by atoms with Crippen molar-refractivity contribution >= 4 is 16.2 Å². The molecular weight excluding hydrogens is 324 g/mol. The Bertz CT molecular complexity index is 767. The number of nitrogens with one attached hydrogen (secondary N) is 1. The standard InChI is InChI=1S/C18H22N2O3S/c1-3-4-13-23-17-9-7-16(8-10-17)14-19-20-24(21,22)18-11-5-15(2)6-12-18/h5-12,14,20H,3-4,13H2,1-2H3. The summed E-state index contributed by atoms with van der Waals surface area (Å²) in [4.78, 5) is 2.40. The summed E-state index contributed by atoms with van der Waals surface area (Å²) in [5.74, 6) is 0.792. The molecule has 2 aromatic rings. The van der Waals surface area contributed by atoms with Crippen molar-refractivity contribution in [1.29, 1.82) is 0 Å². The summed E-state index contributed by atoms with van der Waals surface area (Å²) in [7, 11) is -3.64. The first-order valence-electron chi connectivity index (χ1n) is 7.85. The van der Waals surface area contributed by atoms with Crippen LogP contribution in [-0.2, 0) is 10.0 Å². The molecule has 0 saturated carbocycles. The number of ether oxygens (including phenoxy) is 1. The Morgan fingerprint density at radius 3 is 2.38 bits per heavy atom. The van der Waals surface area contributed by atoms with Gasteiger partial charge in [-0.2, -0.15) is 13.5 Å². The Morgan fingerprint density at radius 2 is 1.75 bits per heavy atom. The maximum atomic E-state index is 12.1. The summed E-state index contributed by atoms with van der Waals surface area (Å²) < 4.78 is 29.8. The van der Waals surface area contributed by atoms with Gasteiger partial charge >= 0.3 is 0 Å². The van der Waals surface area contributed by atoms with Gasteiger partial charge in [0.15, 0.2) is 0 Å². The van der Waals surface area contributed by atoms with Crippen LogP contribution in [0.4, 0.5) is 0 Å². The van der Waals surface area contributed by atoms with E-state index in [1.54, 1.807) is 24.3 Å². The molecule has 2 aromatic carbocycles. The Kier molecular flexibility index (Phi) is 6.37. The number of nitrogens with zero attached hydrogens (tertiary/aromatic N) is 1. The van der Waals surface area contributed by atoms with Crippen molar-refractivity contribution in [3.63, 3.8) is 0 Å². The number of unbranched alkanes of at least 4 members (excludes halogenated alkanes) is 1. The topological polar surface area (TPSA) is 67.8 Å². The van der Waals surface area contributed by atoms with Gasteiger partial charge in [0.05, 0.1) is 17.7 Å². The normalized spacial score (nSPS) is 11.6. The van der Waals surface area contributed by atoms with Crippen LogP contribution in [0.2, 0.25) is 0 Å². The first kappa shape index (κ1) is 18.0. The van der Waals surface area contributed by atoms with Gasteiger partial charge in [-0.05, 0) is 55.3 Å². The highest BCUT2D eigenvalue weighted by Crippen LogP contribution is 2.12. The van der Waals surface area contributed by atoms with Gasteiger partial charge in [-0.3, -0.25) is 0 Å². The third-order valence-electron chi connectivity index (χ3n) is 3.36. The SMILES string of the molecule is CCCCOc1ccc(C=NNS(=O)(=O)c2ccc(C)cc2)cc1. The maximum absolute atomic E-state index is 12.1. The molecule has 0 spiro atoms. The molecule has 1 N–H and O–H groups in total. The lowest BCUT2D eigenvalue weighted by molar-refractivity contribution is 0.309. The van der Waals surface area contributed by atoms with Gasteiger partial charge in [-0.1, -0.05) is 31.0 Å². The predicted molar refractivity (Wildman–Crippen MR) is 95.9 cm³/mol. The van der Waals surface area contributed by atoms with Crippen molar-refractivity contribution in [3.05, 3.63) is 59.7 Å². The molecule has 0 amide bonds. The summed E-state index contributed by atoms with van der Waals surface area (Å²) in [6.07, 6.45) is 3.57. The Labute approximate surface area is 143 Å². The molecule has 0 heterocycles. The van der Waals surface area contributed by atoms with Gasteiger partial charge in [0.25, 0.3) is 10.0 Å². The zero-order chi connectivity index (χ0) is 17.4. The van der Waals surface area contributed by atoms with Crippen molar-refractivity contribution < 1.29 is 13.2 Å². The summed E-state index contributed by atoms with van der Waals surface area (Å²) in [5.41, 5.74) is 1.78.